The smallest absolute Gasteiger partial charge is 0.262 e. The first-order chi connectivity index (χ1) is 9.94. The third-order valence-electron chi connectivity index (χ3n) is 2.66. The molecular formula is C13H15N5O2S. The molecule has 1 aromatic rings. The highest BCUT2D eigenvalue weighted by molar-refractivity contribution is 8.15. The number of anilines is 1. The quantitative estimate of drug-likeness (QED) is 0.557. The Bertz CT molecular complexity index is 620. The zero-order valence-electron chi connectivity index (χ0n) is 11.4. The van der Waals surface area contributed by atoms with Crippen LogP contribution in [0.5, 0.6) is 0 Å². The van der Waals surface area contributed by atoms with Gasteiger partial charge in [-0.05, 0) is 19.1 Å². The SMILES string of the molecule is Cc1ccc(NC(=O)C[C@@H]2SC(N=C(N)N)=NC2=O)cc1. The number of amidine groups is 1. The van der Waals surface area contributed by atoms with Gasteiger partial charge in [0.25, 0.3) is 5.91 Å². The highest BCUT2D eigenvalue weighted by Crippen LogP contribution is 2.26. The van der Waals surface area contributed by atoms with Gasteiger partial charge in [-0.1, -0.05) is 29.5 Å². The predicted octanol–water partition coefficient (Wildman–Crippen LogP) is 0.595. The number of rotatable bonds is 3. The van der Waals surface area contributed by atoms with Gasteiger partial charge in [-0.25, -0.2) is 0 Å². The molecule has 2 amide bonds. The molecule has 8 heteroatoms. The Balaban J connectivity index is 1.91. The summed E-state index contributed by atoms with van der Waals surface area (Å²) in [5.74, 6) is -0.830. The number of amides is 2. The van der Waals surface area contributed by atoms with Gasteiger partial charge in [0, 0.05) is 12.1 Å². The topological polar surface area (TPSA) is 123 Å². The van der Waals surface area contributed by atoms with E-state index in [0.29, 0.717) is 5.69 Å². The molecule has 1 aliphatic rings. The van der Waals surface area contributed by atoms with Crippen molar-refractivity contribution < 1.29 is 9.59 Å². The minimum absolute atomic E-state index is 0.0182. The van der Waals surface area contributed by atoms with Crippen molar-refractivity contribution in [2.24, 2.45) is 21.5 Å². The van der Waals surface area contributed by atoms with E-state index >= 15 is 0 Å². The molecule has 0 unspecified atom stereocenters. The van der Waals surface area contributed by atoms with Gasteiger partial charge in [-0.2, -0.15) is 9.98 Å². The van der Waals surface area contributed by atoms with E-state index in [0.717, 1.165) is 17.3 Å². The molecule has 1 aromatic carbocycles. The van der Waals surface area contributed by atoms with E-state index in [1.165, 1.54) is 0 Å². The predicted molar refractivity (Wildman–Crippen MR) is 84.1 cm³/mol. The third kappa shape index (κ3) is 4.32. The van der Waals surface area contributed by atoms with Gasteiger partial charge in [-0.15, -0.1) is 0 Å². The molecule has 0 fully saturated rings. The molecule has 2 rings (SSSR count). The van der Waals surface area contributed by atoms with Crippen LogP contribution in [0.15, 0.2) is 34.3 Å². The number of hydrogen-bond acceptors (Lipinski definition) is 4. The molecule has 0 aliphatic carbocycles. The maximum atomic E-state index is 11.9. The zero-order chi connectivity index (χ0) is 15.4. The molecule has 5 N–H and O–H groups in total. The highest BCUT2D eigenvalue weighted by atomic mass is 32.2. The van der Waals surface area contributed by atoms with Gasteiger partial charge < -0.3 is 16.8 Å². The maximum absolute atomic E-state index is 11.9. The lowest BCUT2D eigenvalue weighted by molar-refractivity contribution is -0.121. The Kier molecular flexibility index (Phi) is 4.59. The summed E-state index contributed by atoms with van der Waals surface area (Å²) in [6, 6.07) is 7.40. The number of thioether (sulfide) groups is 1. The fourth-order valence-electron chi connectivity index (χ4n) is 1.68. The lowest BCUT2D eigenvalue weighted by atomic mass is 10.2. The van der Waals surface area contributed by atoms with Crippen molar-refractivity contribution in [2.75, 3.05) is 5.32 Å². The van der Waals surface area contributed by atoms with Crippen molar-refractivity contribution in [3.05, 3.63) is 29.8 Å². The summed E-state index contributed by atoms with van der Waals surface area (Å²) in [7, 11) is 0. The number of carbonyl (C=O) groups is 2. The van der Waals surface area contributed by atoms with Gasteiger partial charge in [0.05, 0.1) is 0 Å². The van der Waals surface area contributed by atoms with Crippen molar-refractivity contribution in [3.63, 3.8) is 0 Å². The Hall–Kier alpha value is -2.35. The number of nitrogens with two attached hydrogens (primary N) is 2. The minimum Gasteiger partial charge on any atom is -0.370 e. The van der Waals surface area contributed by atoms with E-state index in [4.69, 9.17) is 11.5 Å². The summed E-state index contributed by atoms with van der Waals surface area (Å²) < 4.78 is 0. The van der Waals surface area contributed by atoms with Crippen LogP contribution in [-0.4, -0.2) is 28.2 Å². The molecule has 0 bridgehead atoms. The molecular weight excluding hydrogens is 290 g/mol. The standard InChI is InChI=1S/C13H15N5O2S/c1-7-2-4-8(5-3-7)16-10(19)6-9-11(20)17-13(21-9)18-12(14)15/h2-5,9H,6H2,1H3,(H,16,19)(H4,14,15,17,18,20)/t9-/m0/s1. The molecule has 1 heterocycles. The van der Waals surface area contributed by atoms with Gasteiger partial charge in [-0.3, -0.25) is 9.59 Å². The molecule has 1 aliphatic heterocycles. The summed E-state index contributed by atoms with van der Waals surface area (Å²) in [4.78, 5) is 31.0. The monoisotopic (exact) mass is 305 g/mol. The molecule has 0 aromatic heterocycles. The molecule has 0 radical (unpaired) electrons. The summed E-state index contributed by atoms with van der Waals surface area (Å²) in [6.07, 6.45) is 0.0182. The van der Waals surface area contributed by atoms with E-state index < -0.39 is 11.2 Å². The van der Waals surface area contributed by atoms with Crippen LogP contribution in [0.1, 0.15) is 12.0 Å². The van der Waals surface area contributed by atoms with E-state index in [1.807, 2.05) is 19.1 Å². The van der Waals surface area contributed by atoms with Gasteiger partial charge >= 0.3 is 0 Å². The number of hydrogen-bond donors (Lipinski definition) is 3. The second-order valence-corrected chi connectivity index (χ2v) is 5.66. The summed E-state index contributed by atoms with van der Waals surface area (Å²) in [5.41, 5.74) is 12.2. The van der Waals surface area contributed by atoms with Gasteiger partial charge in [0.2, 0.25) is 5.91 Å². The first-order valence-electron chi connectivity index (χ1n) is 6.19. The molecule has 1 atom stereocenters. The van der Waals surface area contributed by atoms with Crippen molar-refractivity contribution in [1.29, 1.82) is 0 Å². The number of carbonyl (C=O) groups excluding carboxylic acids is 2. The van der Waals surface area contributed by atoms with Crippen molar-refractivity contribution in [3.8, 4) is 0 Å². The van der Waals surface area contributed by atoms with E-state index in [2.05, 4.69) is 15.3 Å². The second-order valence-electron chi connectivity index (χ2n) is 4.49. The maximum Gasteiger partial charge on any atom is 0.262 e. The largest absolute Gasteiger partial charge is 0.370 e. The molecule has 110 valence electrons. The summed E-state index contributed by atoms with van der Waals surface area (Å²) >= 11 is 1.08. The lowest BCUT2D eigenvalue weighted by Gasteiger charge is -2.08. The minimum atomic E-state index is -0.589. The summed E-state index contributed by atoms with van der Waals surface area (Å²) in [5, 5.41) is 2.33. The number of aliphatic imine (C=N–C) groups is 2. The molecule has 0 spiro atoms. The normalized spacial score (nSPS) is 17.3. The Morgan fingerprint density at radius 2 is 2.05 bits per heavy atom. The van der Waals surface area contributed by atoms with Crippen LogP contribution >= 0.6 is 11.8 Å². The van der Waals surface area contributed by atoms with Crippen LogP contribution in [0, 0.1) is 6.92 Å². The van der Waals surface area contributed by atoms with Crippen molar-refractivity contribution in [1.82, 2.24) is 0 Å². The second kappa shape index (κ2) is 6.40. The van der Waals surface area contributed by atoms with Crippen LogP contribution in [0.4, 0.5) is 5.69 Å². The van der Waals surface area contributed by atoms with Crippen molar-refractivity contribution in [2.45, 2.75) is 18.6 Å². The van der Waals surface area contributed by atoms with Crippen LogP contribution in [0.25, 0.3) is 0 Å². The van der Waals surface area contributed by atoms with Crippen LogP contribution in [-0.2, 0) is 9.59 Å². The summed E-state index contributed by atoms with van der Waals surface area (Å²) in [6.45, 7) is 1.96. The molecule has 7 nitrogen and oxygen atoms in total. The fourth-order valence-corrected chi connectivity index (χ4v) is 2.62. The number of nitrogens with one attached hydrogen (secondary N) is 1. The average Bonchev–Trinajstić information content (AvgIpc) is 2.71. The number of aryl methyl sites for hydroxylation is 1. The first kappa shape index (κ1) is 15.0. The molecule has 0 saturated heterocycles. The van der Waals surface area contributed by atoms with Crippen molar-refractivity contribution >= 4 is 40.4 Å². The number of guanidine groups is 1. The van der Waals surface area contributed by atoms with E-state index in [9.17, 15) is 9.59 Å². The number of benzene rings is 1. The fraction of sp³-hybridized carbons (Fsp3) is 0.231. The van der Waals surface area contributed by atoms with Gasteiger partial charge in [0.1, 0.15) is 5.25 Å². The first-order valence-corrected chi connectivity index (χ1v) is 7.07. The molecule has 0 saturated carbocycles. The van der Waals surface area contributed by atoms with E-state index in [-0.39, 0.29) is 23.5 Å². The third-order valence-corrected chi connectivity index (χ3v) is 3.71. The number of nitrogens with zero attached hydrogens (tertiary/aromatic N) is 2. The van der Waals surface area contributed by atoms with Crippen LogP contribution in [0.2, 0.25) is 0 Å². The van der Waals surface area contributed by atoms with E-state index in [1.54, 1.807) is 12.1 Å². The zero-order valence-corrected chi connectivity index (χ0v) is 12.2. The molecule has 21 heavy (non-hydrogen) atoms. The Labute approximate surface area is 125 Å². The van der Waals surface area contributed by atoms with Crippen LogP contribution in [0.3, 0.4) is 0 Å². The Morgan fingerprint density at radius 1 is 1.38 bits per heavy atom. The lowest BCUT2D eigenvalue weighted by Crippen LogP contribution is -2.23. The van der Waals surface area contributed by atoms with Crippen LogP contribution < -0.4 is 16.8 Å². The average molecular weight is 305 g/mol. The van der Waals surface area contributed by atoms with Gasteiger partial charge in [0.15, 0.2) is 11.1 Å². The Morgan fingerprint density at radius 3 is 2.67 bits per heavy atom. The highest BCUT2D eigenvalue weighted by Gasteiger charge is 2.30.